The first-order chi connectivity index (χ1) is 12.7. The predicted octanol–water partition coefficient (Wildman–Crippen LogP) is 3.51. The maximum absolute atomic E-state index is 12.4. The Balaban J connectivity index is 1.49. The number of aromatic nitrogens is 2. The van der Waals surface area contributed by atoms with Crippen molar-refractivity contribution < 1.29 is 14.3 Å². The van der Waals surface area contributed by atoms with Crippen LogP contribution in [0.15, 0.2) is 54.7 Å². The molecule has 7 heteroatoms. The van der Waals surface area contributed by atoms with Crippen molar-refractivity contribution in [2.75, 3.05) is 17.4 Å². The zero-order valence-corrected chi connectivity index (χ0v) is 14.0. The van der Waals surface area contributed by atoms with Crippen LogP contribution in [0.2, 0.25) is 0 Å². The molecule has 2 N–H and O–H groups in total. The molecule has 0 unspecified atom stereocenters. The summed E-state index contributed by atoms with van der Waals surface area (Å²) < 4.78 is 10.6. The molecule has 1 aliphatic heterocycles. The summed E-state index contributed by atoms with van der Waals surface area (Å²) in [4.78, 5) is 20.8. The Labute approximate surface area is 150 Å². The Morgan fingerprint density at radius 1 is 1.00 bits per heavy atom. The van der Waals surface area contributed by atoms with Crippen molar-refractivity contribution in [1.82, 2.24) is 9.97 Å². The van der Waals surface area contributed by atoms with Gasteiger partial charge in [0.2, 0.25) is 12.7 Å². The number of hydrogen-bond donors (Lipinski definition) is 2. The maximum atomic E-state index is 12.4. The highest BCUT2D eigenvalue weighted by atomic mass is 16.7. The van der Waals surface area contributed by atoms with Gasteiger partial charge in [0, 0.05) is 23.6 Å². The zero-order chi connectivity index (χ0) is 17.9. The highest BCUT2D eigenvalue weighted by Crippen LogP contribution is 2.34. The number of amides is 1. The molecule has 0 saturated carbocycles. The minimum absolute atomic E-state index is 0.212. The van der Waals surface area contributed by atoms with Crippen molar-refractivity contribution in [3.63, 3.8) is 0 Å². The average molecular weight is 348 g/mol. The van der Waals surface area contributed by atoms with E-state index in [4.69, 9.17) is 9.47 Å². The van der Waals surface area contributed by atoms with Gasteiger partial charge in [-0.15, -0.1) is 0 Å². The Hall–Kier alpha value is -3.61. The molecule has 3 aromatic rings. The van der Waals surface area contributed by atoms with E-state index < -0.39 is 0 Å². The van der Waals surface area contributed by atoms with E-state index in [2.05, 4.69) is 20.6 Å². The summed E-state index contributed by atoms with van der Waals surface area (Å²) >= 11 is 0. The van der Waals surface area contributed by atoms with Crippen molar-refractivity contribution in [3.8, 4) is 11.5 Å². The third-order valence-corrected chi connectivity index (χ3v) is 3.83. The number of carbonyl (C=O) groups excluding carboxylic acids is 1. The van der Waals surface area contributed by atoms with Crippen molar-refractivity contribution in [2.24, 2.45) is 0 Å². The van der Waals surface area contributed by atoms with Gasteiger partial charge in [-0.2, -0.15) is 0 Å². The highest BCUT2D eigenvalue weighted by molar-refractivity contribution is 6.03. The van der Waals surface area contributed by atoms with Gasteiger partial charge >= 0.3 is 0 Å². The lowest BCUT2D eigenvalue weighted by atomic mass is 10.2. The normalized spacial score (nSPS) is 11.9. The summed E-state index contributed by atoms with van der Waals surface area (Å²) in [5.41, 5.74) is 2.85. The molecule has 130 valence electrons. The maximum Gasteiger partial charge on any atom is 0.274 e. The monoisotopic (exact) mass is 348 g/mol. The highest BCUT2D eigenvalue weighted by Gasteiger charge is 2.14. The van der Waals surface area contributed by atoms with Crippen LogP contribution in [0.1, 0.15) is 16.1 Å². The lowest BCUT2D eigenvalue weighted by Gasteiger charge is -2.08. The van der Waals surface area contributed by atoms with E-state index >= 15 is 0 Å². The first-order valence-corrected chi connectivity index (χ1v) is 8.05. The second kappa shape index (κ2) is 6.72. The van der Waals surface area contributed by atoms with E-state index in [1.165, 1.54) is 6.20 Å². The van der Waals surface area contributed by atoms with Crippen LogP contribution in [0.3, 0.4) is 0 Å². The summed E-state index contributed by atoms with van der Waals surface area (Å²) in [5.74, 6) is 1.37. The number of nitrogens with zero attached hydrogens (tertiary/aromatic N) is 2. The minimum atomic E-state index is -0.301. The van der Waals surface area contributed by atoms with Gasteiger partial charge in [-0.1, -0.05) is 17.7 Å². The molecule has 0 saturated heterocycles. The molecule has 0 atom stereocenters. The third kappa shape index (κ3) is 3.41. The van der Waals surface area contributed by atoms with Crippen molar-refractivity contribution >= 4 is 23.2 Å². The van der Waals surface area contributed by atoms with Crippen LogP contribution >= 0.6 is 0 Å². The van der Waals surface area contributed by atoms with Gasteiger partial charge in [-0.25, -0.2) is 9.97 Å². The number of hydrogen-bond acceptors (Lipinski definition) is 6. The van der Waals surface area contributed by atoms with Gasteiger partial charge in [-0.3, -0.25) is 4.79 Å². The van der Waals surface area contributed by atoms with Gasteiger partial charge in [-0.05, 0) is 37.3 Å². The molecular weight excluding hydrogens is 332 g/mol. The molecule has 4 rings (SSSR count). The number of aryl methyl sites for hydroxylation is 1. The average Bonchev–Trinajstić information content (AvgIpc) is 3.12. The molecule has 0 bridgehead atoms. The Morgan fingerprint density at radius 3 is 2.62 bits per heavy atom. The van der Waals surface area contributed by atoms with Crippen LogP contribution in [-0.2, 0) is 0 Å². The van der Waals surface area contributed by atoms with Crippen LogP contribution in [0.5, 0.6) is 11.5 Å². The van der Waals surface area contributed by atoms with Crippen molar-refractivity contribution in [3.05, 3.63) is 66.0 Å². The lowest BCUT2D eigenvalue weighted by molar-refractivity contribution is 0.102. The standard InChI is InChI=1S/C19H16N4O3/c1-12-2-4-13(5-3-12)21-18(24)15-8-9-20-19(23-15)22-14-6-7-16-17(10-14)26-11-25-16/h2-10H,11H2,1H3,(H,21,24)(H,20,22,23). The molecule has 2 heterocycles. The topological polar surface area (TPSA) is 85.4 Å². The van der Waals surface area contributed by atoms with E-state index in [9.17, 15) is 4.79 Å². The van der Waals surface area contributed by atoms with E-state index in [1.807, 2.05) is 37.3 Å². The Kier molecular flexibility index (Phi) is 4.10. The zero-order valence-electron chi connectivity index (χ0n) is 14.0. The van der Waals surface area contributed by atoms with E-state index in [0.717, 1.165) is 11.3 Å². The fourth-order valence-corrected chi connectivity index (χ4v) is 2.48. The molecule has 1 amide bonds. The first kappa shape index (κ1) is 15.9. The number of fused-ring (bicyclic) bond motifs is 1. The van der Waals surface area contributed by atoms with Crippen LogP contribution in [-0.4, -0.2) is 22.7 Å². The van der Waals surface area contributed by atoms with Gasteiger partial charge in [0.1, 0.15) is 5.69 Å². The van der Waals surface area contributed by atoms with Crippen LogP contribution in [0.25, 0.3) is 0 Å². The quantitative estimate of drug-likeness (QED) is 0.750. The Bertz CT molecular complexity index is 957. The second-order valence-corrected chi connectivity index (χ2v) is 5.78. The van der Waals surface area contributed by atoms with Gasteiger partial charge in [0.15, 0.2) is 11.5 Å². The molecule has 1 aliphatic rings. The number of anilines is 3. The van der Waals surface area contributed by atoms with Crippen LogP contribution in [0.4, 0.5) is 17.3 Å². The minimum Gasteiger partial charge on any atom is -0.454 e. The van der Waals surface area contributed by atoms with E-state index in [1.54, 1.807) is 18.2 Å². The molecule has 2 aromatic carbocycles. The van der Waals surface area contributed by atoms with Gasteiger partial charge in [0.05, 0.1) is 0 Å². The smallest absolute Gasteiger partial charge is 0.274 e. The van der Waals surface area contributed by atoms with Crippen LogP contribution < -0.4 is 20.1 Å². The molecular formula is C19H16N4O3. The number of carbonyl (C=O) groups is 1. The fraction of sp³-hybridized carbons (Fsp3) is 0.105. The molecule has 0 fully saturated rings. The lowest BCUT2D eigenvalue weighted by Crippen LogP contribution is -2.14. The summed E-state index contributed by atoms with van der Waals surface area (Å²) in [7, 11) is 0. The number of rotatable bonds is 4. The van der Waals surface area contributed by atoms with Crippen molar-refractivity contribution in [1.29, 1.82) is 0 Å². The molecule has 26 heavy (non-hydrogen) atoms. The Morgan fingerprint density at radius 2 is 1.77 bits per heavy atom. The van der Waals surface area contributed by atoms with E-state index in [-0.39, 0.29) is 18.4 Å². The summed E-state index contributed by atoms with van der Waals surface area (Å²) in [6, 6.07) is 14.6. The first-order valence-electron chi connectivity index (χ1n) is 8.05. The summed E-state index contributed by atoms with van der Waals surface area (Å²) in [6.07, 6.45) is 1.53. The largest absolute Gasteiger partial charge is 0.454 e. The SMILES string of the molecule is Cc1ccc(NC(=O)c2ccnc(Nc3ccc4c(c3)OCO4)n2)cc1. The van der Waals surface area contributed by atoms with Gasteiger partial charge in [0.25, 0.3) is 5.91 Å². The number of ether oxygens (including phenoxy) is 2. The number of benzene rings is 2. The fourth-order valence-electron chi connectivity index (χ4n) is 2.48. The predicted molar refractivity (Wildman–Crippen MR) is 97.0 cm³/mol. The van der Waals surface area contributed by atoms with Crippen molar-refractivity contribution in [2.45, 2.75) is 6.92 Å². The second-order valence-electron chi connectivity index (χ2n) is 5.78. The number of nitrogens with one attached hydrogen (secondary N) is 2. The summed E-state index contributed by atoms with van der Waals surface area (Å²) in [6.45, 7) is 2.20. The van der Waals surface area contributed by atoms with Gasteiger partial charge < -0.3 is 20.1 Å². The third-order valence-electron chi connectivity index (χ3n) is 3.83. The van der Waals surface area contributed by atoms with E-state index in [0.29, 0.717) is 23.1 Å². The van der Waals surface area contributed by atoms with Crippen LogP contribution in [0, 0.1) is 6.92 Å². The molecule has 0 aliphatic carbocycles. The molecule has 0 spiro atoms. The summed E-state index contributed by atoms with van der Waals surface area (Å²) in [5, 5.41) is 5.88. The molecule has 0 radical (unpaired) electrons. The molecule has 7 nitrogen and oxygen atoms in total. The molecule has 1 aromatic heterocycles.